The normalized spacial score (nSPS) is 18.9. The molecule has 0 fully saturated rings. The average molecular weight is 479 g/mol. The number of thiophene rings is 1. The van der Waals surface area contributed by atoms with Crippen molar-refractivity contribution in [3.63, 3.8) is 0 Å². The maximum Gasteiger partial charge on any atom is 0.343 e. The van der Waals surface area contributed by atoms with Crippen molar-refractivity contribution < 1.29 is 24.0 Å². The zero-order chi connectivity index (χ0) is 23.8. The third kappa shape index (κ3) is 4.26. The molecular formula is C26H28N3O4S+. The number of ether oxygens (including phenoxy) is 2. The zero-order valence-corrected chi connectivity index (χ0v) is 20.3. The van der Waals surface area contributed by atoms with E-state index in [1.54, 1.807) is 29.5 Å². The van der Waals surface area contributed by atoms with Crippen LogP contribution in [0.15, 0.2) is 42.5 Å². The van der Waals surface area contributed by atoms with E-state index < -0.39 is 12.1 Å². The number of carbonyl (C=O) groups is 2. The molecule has 8 heteroatoms. The van der Waals surface area contributed by atoms with Crippen molar-refractivity contribution in [2.45, 2.75) is 33.0 Å². The van der Waals surface area contributed by atoms with Crippen LogP contribution in [-0.4, -0.2) is 32.1 Å². The van der Waals surface area contributed by atoms with Crippen LogP contribution in [0.3, 0.4) is 0 Å². The summed E-state index contributed by atoms with van der Waals surface area (Å²) in [4.78, 5) is 28.4. The van der Waals surface area contributed by atoms with E-state index >= 15 is 0 Å². The number of benzene rings is 2. The predicted octanol–water partition coefficient (Wildman–Crippen LogP) is 3.10. The van der Waals surface area contributed by atoms with Crippen molar-refractivity contribution in [2.75, 3.05) is 25.5 Å². The Morgan fingerprint density at radius 3 is 2.71 bits per heavy atom. The molecule has 3 heterocycles. The third-order valence-corrected chi connectivity index (χ3v) is 7.39. The van der Waals surface area contributed by atoms with E-state index in [-0.39, 0.29) is 5.91 Å². The highest BCUT2D eigenvalue weighted by molar-refractivity contribution is 7.16. The molecule has 1 unspecified atom stereocenters. The van der Waals surface area contributed by atoms with Gasteiger partial charge in [0, 0.05) is 6.42 Å². The van der Waals surface area contributed by atoms with Crippen LogP contribution in [0.1, 0.15) is 55.4 Å². The van der Waals surface area contributed by atoms with E-state index in [4.69, 9.17) is 9.47 Å². The first-order valence-corrected chi connectivity index (χ1v) is 12.3. The number of aryl methyl sites for hydroxylation is 1. The van der Waals surface area contributed by atoms with E-state index in [9.17, 15) is 9.59 Å². The minimum absolute atomic E-state index is 0.0522. The lowest BCUT2D eigenvalue weighted by Crippen LogP contribution is -3.08. The van der Waals surface area contributed by atoms with Crippen LogP contribution in [0.5, 0.6) is 11.5 Å². The quantitative estimate of drug-likeness (QED) is 0.388. The number of hydrogen-bond acceptors (Lipinski definition) is 6. The molecule has 176 valence electrons. The highest BCUT2D eigenvalue weighted by Crippen LogP contribution is 2.40. The van der Waals surface area contributed by atoms with E-state index in [0.717, 1.165) is 41.2 Å². The lowest BCUT2D eigenvalue weighted by Gasteiger charge is -2.27. The number of esters is 1. The molecule has 3 aromatic rings. The number of nitrogens with one attached hydrogen (secondary N) is 3. The first-order valence-electron chi connectivity index (χ1n) is 11.5. The molecule has 0 spiro atoms. The zero-order valence-electron chi connectivity index (χ0n) is 19.5. The van der Waals surface area contributed by atoms with Gasteiger partial charge in [0.2, 0.25) is 0 Å². The maximum absolute atomic E-state index is 13.0. The van der Waals surface area contributed by atoms with Crippen molar-refractivity contribution in [2.24, 2.45) is 0 Å². The number of fused-ring (bicyclic) bond motifs is 3. The van der Waals surface area contributed by atoms with Crippen molar-refractivity contribution >= 4 is 28.2 Å². The molecule has 7 nitrogen and oxygen atoms in total. The van der Waals surface area contributed by atoms with Gasteiger partial charge in [-0.1, -0.05) is 23.8 Å². The van der Waals surface area contributed by atoms with Crippen LogP contribution in [0.4, 0.5) is 5.00 Å². The summed E-state index contributed by atoms with van der Waals surface area (Å²) in [6, 6.07) is 12.6. The van der Waals surface area contributed by atoms with Crippen LogP contribution in [0, 0.1) is 6.92 Å². The molecule has 0 saturated carbocycles. The van der Waals surface area contributed by atoms with Gasteiger partial charge in [0.1, 0.15) is 17.7 Å². The Bertz CT molecular complexity index is 1250. The van der Waals surface area contributed by atoms with Crippen molar-refractivity contribution in [3.05, 3.63) is 75.2 Å². The van der Waals surface area contributed by atoms with E-state index in [1.165, 1.54) is 15.3 Å². The van der Waals surface area contributed by atoms with Gasteiger partial charge < -0.3 is 25.0 Å². The molecule has 1 aromatic heterocycles. The first-order chi connectivity index (χ1) is 16.4. The summed E-state index contributed by atoms with van der Waals surface area (Å²) in [6.07, 6.45) is 0.522. The smallest absolute Gasteiger partial charge is 0.343 e. The van der Waals surface area contributed by atoms with E-state index in [0.29, 0.717) is 23.7 Å². The first kappa shape index (κ1) is 22.4. The Morgan fingerprint density at radius 1 is 1.15 bits per heavy atom. The lowest BCUT2D eigenvalue weighted by atomic mass is 10.0. The molecule has 34 heavy (non-hydrogen) atoms. The highest BCUT2D eigenvalue weighted by atomic mass is 32.1. The van der Waals surface area contributed by atoms with Gasteiger partial charge in [-0.25, -0.2) is 4.79 Å². The second-order valence-electron chi connectivity index (χ2n) is 8.79. The van der Waals surface area contributed by atoms with Crippen LogP contribution in [0.25, 0.3) is 0 Å². The van der Waals surface area contributed by atoms with Crippen molar-refractivity contribution in [1.82, 2.24) is 5.32 Å². The van der Waals surface area contributed by atoms with E-state index in [1.807, 2.05) is 38.1 Å². The van der Waals surface area contributed by atoms with Gasteiger partial charge in [0.25, 0.3) is 5.91 Å². The summed E-state index contributed by atoms with van der Waals surface area (Å²) in [5.41, 5.74) is 4.34. The highest BCUT2D eigenvalue weighted by Gasteiger charge is 2.34. The minimum Gasteiger partial charge on any atom is -0.490 e. The summed E-state index contributed by atoms with van der Waals surface area (Å²) >= 11 is 1.67. The Balaban J connectivity index is 1.39. The van der Waals surface area contributed by atoms with Crippen LogP contribution >= 0.6 is 11.3 Å². The molecule has 2 atom stereocenters. The fourth-order valence-corrected chi connectivity index (χ4v) is 5.79. The summed E-state index contributed by atoms with van der Waals surface area (Å²) in [5, 5.41) is 7.49. The topological polar surface area (TPSA) is 81.1 Å². The summed E-state index contributed by atoms with van der Waals surface area (Å²) < 4.78 is 11.4. The summed E-state index contributed by atoms with van der Waals surface area (Å²) in [5.74, 6) is 0.303. The van der Waals surface area contributed by atoms with Gasteiger partial charge in [-0.2, -0.15) is 0 Å². The molecule has 0 radical (unpaired) electrons. The van der Waals surface area contributed by atoms with Gasteiger partial charge in [-0.05, 0) is 49.2 Å². The standard InChI is InChI=1S/C26H27N3O4S/c1-4-32-20-13-17(9-10-19(20)33-26(31)16-7-5-15(2)6-8-16)23-27-24(30)22-18-11-12-29(3)14-21(18)34-25(22)28-23/h5-10,13,23,28H,4,11-12,14H2,1-3H3,(H,27,30)/p+1/t23-/m0/s1. The summed E-state index contributed by atoms with van der Waals surface area (Å²) in [7, 11) is 2.18. The van der Waals surface area contributed by atoms with Crippen molar-refractivity contribution in [1.29, 1.82) is 0 Å². The van der Waals surface area contributed by atoms with Crippen LogP contribution < -0.4 is 25.0 Å². The molecule has 2 aromatic carbocycles. The monoisotopic (exact) mass is 478 g/mol. The van der Waals surface area contributed by atoms with Crippen LogP contribution in [-0.2, 0) is 13.0 Å². The third-order valence-electron chi connectivity index (χ3n) is 6.22. The van der Waals surface area contributed by atoms with Gasteiger partial charge in [-0.3, -0.25) is 4.79 Å². The number of quaternary nitrogens is 1. The second kappa shape index (κ2) is 9.12. The molecule has 5 rings (SSSR count). The molecule has 0 saturated heterocycles. The fourth-order valence-electron chi connectivity index (χ4n) is 4.40. The SMILES string of the molecule is CCOc1cc([C@H]2NC(=O)c3c(sc4c3CC[NH+](C)C4)N2)ccc1OC(=O)c1ccc(C)cc1. The van der Waals surface area contributed by atoms with Gasteiger partial charge in [0.15, 0.2) is 11.5 Å². The minimum atomic E-state index is -0.446. The molecule has 3 N–H and O–H groups in total. The molecule has 2 aliphatic rings. The van der Waals surface area contributed by atoms with Gasteiger partial charge >= 0.3 is 5.97 Å². The Morgan fingerprint density at radius 2 is 1.94 bits per heavy atom. The second-order valence-corrected chi connectivity index (χ2v) is 9.89. The van der Waals surface area contributed by atoms with Gasteiger partial charge in [-0.15, -0.1) is 11.3 Å². The Kier molecular flexibility index (Phi) is 6.02. The maximum atomic E-state index is 13.0. The molecule has 2 aliphatic heterocycles. The molecular weight excluding hydrogens is 450 g/mol. The molecule has 0 bridgehead atoms. The number of hydrogen-bond donors (Lipinski definition) is 3. The number of amides is 1. The lowest BCUT2D eigenvalue weighted by molar-refractivity contribution is -0.895. The fraction of sp³-hybridized carbons (Fsp3) is 0.308. The molecule has 1 amide bonds. The van der Waals surface area contributed by atoms with Gasteiger partial charge in [0.05, 0.1) is 36.2 Å². The summed E-state index contributed by atoms with van der Waals surface area (Å²) in [6.45, 7) is 6.24. The van der Waals surface area contributed by atoms with E-state index in [2.05, 4.69) is 17.7 Å². The number of likely N-dealkylation sites (N-methyl/N-ethyl adjacent to an activating group) is 1. The van der Waals surface area contributed by atoms with Crippen LogP contribution in [0.2, 0.25) is 0 Å². The molecule has 0 aliphatic carbocycles. The number of carbonyl (C=O) groups excluding carboxylic acids is 2. The Hall–Kier alpha value is -3.36. The average Bonchev–Trinajstić information content (AvgIpc) is 3.18. The predicted molar refractivity (Wildman–Crippen MR) is 131 cm³/mol. The number of anilines is 1. The Labute approximate surface area is 202 Å². The largest absolute Gasteiger partial charge is 0.490 e. The van der Waals surface area contributed by atoms with Crippen molar-refractivity contribution in [3.8, 4) is 11.5 Å². The number of rotatable bonds is 5.